The molecule has 0 spiro atoms. The van der Waals surface area contributed by atoms with Crippen molar-refractivity contribution in [2.24, 2.45) is 0 Å². The number of alkyl halides is 3. The molecule has 1 aliphatic heterocycles. The van der Waals surface area contributed by atoms with Crippen molar-refractivity contribution >= 4 is 46.0 Å². The van der Waals surface area contributed by atoms with Crippen molar-refractivity contribution in [2.45, 2.75) is 39.1 Å². The van der Waals surface area contributed by atoms with Crippen molar-refractivity contribution in [2.75, 3.05) is 7.05 Å². The minimum Gasteiger partial charge on any atom is -0.282 e. The fourth-order valence-electron chi connectivity index (χ4n) is 2.02. The Bertz CT molecular complexity index is 209. The molecule has 0 aromatic heterocycles. The zero-order valence-corrected chi connectivity index (χ0v) is 11.0. The summed E-state index contributed by atoms with van der Waals surface area (Å²) in [5.41, 5.74) is 0. The van der Waals surface area contributed by atoms with E-state index in [1.165, 1.54) is 0 Å². The second-order valence-electron chi connectivity index (χ2n) is 3.70. The summed E-state index contributed by atoms with van der Waals surface area (Å²) in [6.45, 7) is 0. The zero-order valence-electron chi connectivity index (χ0n) is 7.29. The highest BCUT2D eigenvalue weighted by Crippen LogP contribution is 2.46. The monoisotopic (exact) mass is 335 g/mol. The summed E-state index contributed by atoms with van der Waals surface area (Å²) in [5, 5.41) is 0.183. The Hall–Kier alpha value is 1.26. The maximum absolute atomic E-state index is 13.3. The lowest BCUT2D eigenvalue weighted by Crippen LogP contribution is -2.43. The van der Waals surface area contributed by atoms with Crippen molar-refractivity contribution in [3.8, 4) is 0 Å². The predicted molar refractivity (Wildman–Crippen MR) is 64.5 cm³/mol. The molecule has 76 valence electrons. The smallest absolute Gasteiger partial charge is 0.118 e. The van der Waals surface area contributed by atoms with Gasteiger partial charge in [-0.3, -0.25) is 4.90 Å². The first-order valence-corrected chi connectivity index (χ1v) is 7.01. The molecular weight excluding hydrogens is 324 g/mol. The second kappa shape index (κ2) is 4.02. The molecule has 4 unspecified atom stereocenters. The van der Waals surface area contributed by atoms with E-state index in [-0.39, 0.29) is 5.38 Å². The van der Waals surface area contributed by atoms with Gasteiger partial charge in [-0.05, 0) is 19.9 Å². The summed E-state index contributed by atoms with van der Waals surface area (Å²) in [5.74, 6) is 0. The molecule has 13 heavy (non-hydrogen) atoms. The lowest BCUT2D eigenvalue weighted by molar-refractivity contribution is 0.179. The normalized spacial score (nSPS) is 52.2. The molecule has 1 nitrogen and oxygen atoms in total. The molecule has 0 radical (unpaired) electrons. The van der Waals surface area contributed by atoms with E-state index in [1.807, 2.05) is 11.8 Å². The van der Waals surface area contributed by atoms with Gasteiger partial charge in [-0.2, -0.15) is 0 Å². The summed E-state index contributed by atoms with van der Waals surface area (Å²) in [6, 6.07) is 0.487. The van der Waals surface area contributed by atoms with Crippen LogP contribution in [0.5, 0.6) is 0 Å². The highest BCUT2D eigenvalue weighted by Gasteiger charge is 2.45. The number of rotatable bonds is 0. The minimum atomic E-state index is -0.800. The van der Waals surface area contributed by atoms with E-state index in [9.17, 15) is 4.39 Å². The van der Waals surface area contributed by atoms with Crippen LogP contribution in [0.15, 0.2) is 0 Å². The first-order valence-electron chi connectivity index (χ1n) is 4.39. The highest BCUT2D eigenvalue weighted by atomic mass is 127. The third kappa shape index (κ3) is 1.96. The van der Waals surface area contributed by atoms with E-state index in [2.05, 4.69) is 34.5 Å². The first kappa shape index (κ1) is 10.8. The van der Waals surface area contributed by atoms with Gasteiger partial charge in [-0.15, -0.1) is 23.4 Å². The molecule has 1 aliphatic carbocycles. The summed E-state index contributed by atoms with van der Waals surface area (Å²) in [6.07, 6.45) is 0.634. The summed E-state index contributed by atoms with van der Waals surface area (Å²) < 4.78 is 13.8. The van der Waals surface area contributed by atoms with Crippen LogP contribution in [-0.4, -0.2) is 38.2 Å². The second-order valence-corrected chi connectivity index (χ2v) is 7.61. The van der Waals surface area contributed by atoms with Crippen LogP contribution in [-0.2, 0) is 0 Å². The molecular formula is C8H12ClFINS. The summed E-state index contributed by atoms with van der Waals surface area (Å²) in [4.78, 5) is 2.32. The van der Waals surface area contributed by atoms with Gasteiger partial charge >= 0.3 is 0 Å². The zero-order chi connectivity index (χ0) is 9.59. The third-order valence-electron chi connectivity index (χ3n) is 2.88. The molecule has 1 saturated heterocycles. The number of thioether (sulfide) groups is 1. The van der Waals surface area contributed by atoms with Crippen LogP contribution < -0.4 is 0 Å². The number of halogens is 3. The Morgan fingerprint density at radius 1 is 1.54 bits per heavy atom. The van der Waals surface area contributed by atoms with E-state index in [0.29, 0.717) is 21.1 Å². The standard InChI is InChI=1S/C8H12ClFINS/c1-12-6-2-4(9)5(10)3-7(6)13-8(12)11/h4-8H,2-3H2,1H3/t4?,5?,6-,7?,8?/m1/s1. The fourth-order valence-corrected chi connectivity index (χ4v) is 5.27. The van der Waals surface area contributed by atoms with Gasteiger partial charge in [0.25, 0.3) is 0 Å². The average molecular weight is 336 g/mol. The van der Waals surface area contributed by atoms with Crippen LogP contribution in [0, 0.1) is 0 Å². The van der Waals surface area contributed by atoms with Gasteiger partial charge < -0.3 is 0 Å². The van der Waals surface area contributed by atoms with Gasteiger partial charge in [-0.25, -0.2) is 4.39 Å². The largest absolute Gasteiger partial charge is 0.282 e. The molecule has 1 saturated carbocycles. The molecule has 0 amide bonds. The van der Waals surface area contributed by atoms with Crippen molar-refractivity contribution in [1.82, 2.24) is 4.90 Å². The number of hydrogen-bond acceptors (Lipinski definition) is 2. The van der Waals surface area contributed by atoms with Crippen molar-refractivity contribution in [1.29, 1.82) is 0 Å². The van der Waals surface area contributed by atoms with E-state index < -0.39 is 6.17 Å². The Labute approximate surface area is 101 Å². The van der Waals surface area contributed by atoms with Crippen LogP contribution >= 0.6 is 46.0 Å². The highest BCUT2D eigenvalue weighted by molar-refractivity contribution is 14.1. The topological polar surface area (TPSA) is 3.24 Å². The van der Waals surface area contributed by atoms with Gasteiger partial charge in [0.2, 0.25) is 0 Å². The maximum Gasteiger partial charge on any atom is 0.118 e. The first-order chi connectivity index (χ1) is 6.09. The van der Waals surface area contributed by atoms with Gasteiger partial charge in [0.05, 0.1) is 5.38 Å². The van der Waals surface area contributed by atoms with Crippen LogP contribution in [0.3, 0.4) is 0 Å². The number of fused-ring (bicyclic) bond motifs is 1. The van der Waals surface area contributed by atoms with Crippen LogP contribution in [0.25, 0.3) is 0 Å². The Morgan fingerprint density at radius 2 is 2.23 bits per heavy atom. The summed E-state index contributed by atoms with van der Waals surface area (Å²) >= 11 is 10.2. The molecule has 1 heterocycles. The Balaban J connectivity index is 2.08. The van der Waals surface area contributed by atoms with Gasteiger partial charge in [0, 0.05) is 11.3 Å². The fraction of sp³-hybridized carbons (Fsp3) is 1.00. The van der Waals surface area contributed by atoms with E-state index in [4.69, 9.17) is 11.6 Å². The average Bonchev–Trinajstić information content (AvgIpc) is 2.32. The molecule has 5 heteroatoms. The quantitative estimate of drug-likeness (QED) is 0.380. The molecule has 2 rings (SSSR count). The van der Waals surface area contributed by atoms with Gasteiger partial charge in [0.1, 0.15) is 9.55 Å². The van der Waals surface area contributed by atoms with Crippen LogP contribution in [0.4, 0.5) is 4.39 Å². The minimum absolute atomic E-state index is 0.272. The predicted octanol–water partition coefficient (Wildman–Crippen LogP) is 2.86. The lowest BCUT2D eigenvalue weighted by Gasteiger charge is -2.33. The third-order valence-corrected chi connectivity index (χ3v) is 6.50. The Morgan fingerprint density at radius 3 is 2.92 bits per heavy atom. The summed E-state index contributed by atoms with van der Waals surface area (Å²) in [7, 11) is 2.11. The number of hydrogen-bond donors (Lipinski definition) is 0. The molecule has 0 bridgehead atoms. The lowest BCUT2D eigenvalue weighted by atomic mass is 9.92. The Kier molecular flexibility index (Phi) is 3.33. The van der Waals surface area contributed by atoms with Gasteiger partial charge in [-0.1, -0.05) is 22.6 Å². The molecule has 5 atom stereocenters. The molecule has 2 fully saturated rings. The van der Waals surface area contributed by atoms with Crippen molar-refractivity contribution in [3.05, 3.63) is 0 Å². The SMILES string of the molecule is CN1C(I)SC2CC(F)C(Cl)C[C@H]21. The maximum atomic E-state index is 13.3. The van der Waals surface area contributed by atoms with Crippen molar-refractivity contribution < 1.29 is 4.39 Å². The van der Waals surface area contributed by atoms with E-state index in [1.54, 1.807) is 0 Å². The molecule has 0 aromatic rings. The van der Waals surface area contributed by atoms with Crippen LogP contribution in [0.2, 0.25) is 0 Å². The molecule has 0 aromatic carbocycles. The van der Waals surface area contributed by atoms with E-state index >= 15 is 0 Å². The molecule has 0 N–H and O–H groups in total. The number of nitrogens with zero attached hydrogens (tertiary/aromatic N) is 1. The molecule has 2 aliphatic rings. The van der Waals surface area contributed by atoms with Gasteiger partial charge in [0.15, 0.2) is 0 Å². The van der Waals surface area contributed by atoms with Crippen LogP contribution in [0.1, 0.15) is 12.8 Å². The van der Waals surface area contributed by atoms with E-state index in [0.717, 1.165) is 6.42 Å². The van der Waals surface area contributed by atoms with Crippen molar-refractivity contribution in [3.63, 3.8) is 0 Å².